The molecule has 2 aromatic rings. The van der Waals surface area contributed by atoms with E-state index in [-0.39, 0.29) is 17.3 Å². The van der Waals surface area contributed by atoms with Gasteiger partial charge in [-0.15, -0.1) is 0 Å². The van der Waals surface area contributed by atoms with Crippen molar-refractivity contribution in [2.45, 2.75) is 13.1 Å². The highest BCUT2D eigenvalue weighted by Gasteiger charge is 2.32. The molecule has 112 valence electrons. The lowest BCUT2D eigenvalue weighted by Crippen LogP contribution is -2.07. The van der Waals surface area contributed by atoms with Gasteiger partial charge in [0.2, 0.25) is 0 Å². The number of para-hydroxylation sites is 2. The number of nitrogen functional groups attached to an aromatic ring is 1. The van der Waals surface area contributed by atoms with Crippen LogP contribution in [0.3, 0.4) is 0 Å². The maximum atomic E-state index is 12.7. The van der Waals surface area contributed by atoms with Gasteiger partial charge in [-0.25, -0.2) is 4.98 Å². The number of hydrogen-bond donors (Lipinski definition) is 1. The van der Waals surface area contributed by atoms with Gasteiger partial charge in [0.05, 0.1) is 12.2 Å². The third kappa shape index (κ3) is 3.56. The summed E-state index contributed by atoms with van der Waals surface area (Å²) in [7, 11) is 0. The van der Waals surface area contributed by atoms with Crippen molar-refractivity contribution in [3.05, 3.63) is 42.1 Å². The Morgan fingerprint density at radius 2 is 1.81 bits per heavy atom. The van der Waals surface area contributed by atoms with Gasteiger partial charge in [-0.05, 0) is 25.1 Å². The summed E-state index contributed by atoms with van der Waals surface area (Å²) in [6, 6.07) is 7.44. The van der Waals surface area contributed by atoms with Gasteiger partial charge in [-0.2, -0.15) is 13.2 Å². The molecular weight excluding hydrogens is 285 g/mol. The van der Waals surface area contributed by atoms with Crippen molar-refractivity contribution in [1.29, 1.82) is 0 Å². The Kier molecular flexibility index (Phi) is 4.21. The number of benzene rings is 1. The number of ether oxygens (including phenoxy) is 2. The smallest absolute Gasteiger partial charge is 0.418 e. The number of rotatable bonds is 4. The molecule has 0 fully saturated rings. The maximum Gasteiger partial charge on any atom is 0.418 e. The standard InChI is InChI=1S/C14H13F3N2O2/c1-2-20-10-5-3-4-6-11(10)21-12-7-9(14(15,16)17)8-19-13(12)18/h3-8H,2H2,1H3,(H2,18,19). The first-order chi connectivity index (χ1) is 9.91. The first-order valence-corrected chi connectivity index (χ1v) is 6.14. The molecule has 1 aromatic heterocycles. The van der Waals surface area contributed by atoms with Crippen molar-refractivity contribution in [3.8, 4) is 17.2 Å². The monoisotopic (exact) mass is 298 g/mol. The van der Waals surface area contributed by atoms with E-state index in [0.29, 0.717) is 18.6 Å². The van der Waals surface area contributed by atoms with Crippen LogP contribution in [0.4, 0.5) is 19.0 Å². The van der Waals surface area contributed by atoms with Crippen LogP contribution in [0.25, 0.3) is 0 Å². The summed E-state index contributed by atoms with van der Waals surface area (Å²) in [4.78, 5) is 3.51. The minimum Gasteiger partial charge on any atom is -0.490 e. The lowest BCUT2D eigenvalue weighted by Gasteiger charge is -2.14. The van der Waals surface area contributed by atoms with Crippen LogP contribution in [0.1, 0.15) is 12.5 Å². The van der Waals surface area contributed by atoms with Gasteiger partial charge in [0.1, 0.15) is 0 Å². The number of alkyl halides is 3. The van der Waals surface area contributed by atoms with Gasteiger partial charge in [0.25, 0.3) is 0 Å². The van der Waals surface area contributed by atoms with Crippen LogP contribution in [0.15, 0.2) is 36.5 Å². The van der Waals surface area contributed by atoms with E-state index in [1.807, 2.05) is 0 Å². The summed E-state index contributed by atoms with van der Waals surface area (Å²) in [6.45, 7) is 2.19. The van der Waals surface area contributed by atoms with Crippen molar-refractivity contribution in [3.63, 3.8) is 0 Å². The lowest BCUT2D eigenvalue weighted by molar-refractivity contribution is -0.137. The van der Waals surface area contributed by atoms with Crippen LogP contribution < -0.4 is 15.2 Å². The fraction of sp³-hybridized carbons (Fsp3) is 0.214. The number of halogens is 3. The molecule has 0 spiro atoms. The van der Waals surface area contributed by atoms with E-state index >= 15 is 0 Å². The Labute approximate surface area is 119 Å². The molecule has 0 saturated carbocycles. The molecule has 0 aliphatic rings. The van der Waals surface area contributed by atoms with Crippen molar-refractivity contribution in [2.24, 2.45) is 0 Å². The Hall–Kier alpha value is -2.44. The molecule has 4 nitrogen and oxygen atoms in total. The molecule has 1 aromatic carbocycles. The molecule has 7 heteroatoms. The second-order valence-electron chi connectivity index (χ2n) is 4.09. The Bertz CT molecular complexity index is 630. The number of aromatic nitrogens is 1. The lowest BCUT2D eigenvalue weighted by atomic mass is 10.2. The average molecular weight is 298 g/mol. The van der Waals surface area contributed by atoms with Crippen LogP contribution in [0.2, 0.25) is 0 Å². The average Bonchev–Trinajstić information content (AvgIpc) is 2.42. The van der Waals surface area contributed by atoms with E-state index in [9.17, 15) is 13.2 Å². The van der Waals surface area contributed by atoms with E-state index < -0.39 is 11.7 Å². The predicted octanol–water partition coefficient (Wildman–Crippen LogP) is 3.87. The molecule has 21 heavy (non-hydrogen) atoms. The number of nitrogens with zero attached hydrogens (tertiary/aromatic N) is 1. The molecule has 0 aliphatic carbocycles. The first-order valence-electron chi connectivity index (χ1n) is 6.14. The second-order valence-corrected chi connectivity index (χ2v) is 4.09. The first kappa shape index (κ1) is 15.0. The van der Waals surface area contributed by atoms with Gasteiger partial charge >= 0.3 is 6.18 Å². The van der Waals surface area contributed by atoms with Crippen molar-refractivity contribution >= 4 is 5.82 Å². The Morgan fingerprint density at radius 1 is 1.14 bits per heavy atom. The molecule has 0 aliphatic heterocycles. The zero-order valence-electron chi connectivity index (χ0n) is 11.1. The zero-order chi connectivity index (χ0) is 15.5. The maximum absolute atomic E-state index is 12.7. The van der Waals surface area contributed by atoms with Crippen molar-refractivity contribution in [2.75, 3.05) is 12.3 Å². The van der Waals surface area contributed by atoms with E-state index in [2.05, 4.69) is 4.98 Å². The largest absolute Gasteiger partial charge is 0.490 e. The number of hydrogen-bond acceptors (Lipinski definition) is 4. The third-order valence-electron chi connectivity index (χ3n) is 2.58. The summed E-state index contributed by atoms with van der Waals surface area (Å²) in [5.41, 5.74) is 4.63. The summed E-state index contributed by atoms with van der Waals surface area (Å²) in [6.07, 6.45) is -3.85. The summed E-state index contributed by atoms with van der Waals surface area (Å²) < 4.78 is 48.8. The molecular formula is C14H13F3N2O2. The molecule has 0 amide bonds. The summed E-state index contributed by atoms with van der Waals surface area (Å²) >= 11 is 0. The van der Waals surface area contributed by atoms with Gasteiger partial charge in [0, 0.05) is 6.20 Å². The second kappa shape index (κ2) is 5.90. The molecule has 0 atom stereocenters. The minimum atomic E-state index is -4.52. The molecule has 2 rings (SSSR count). The van der Waals surface area contributed by atoms with Crippen LogP contribution in [0, 0.1) is 0 Å². The van der Waals surface area contributed by atoms with Crippen molar-refractivity contribution < 1.29 is 22.6 Å². The fourth-order valence-corrected chi connectivity index (χ4v) is 1.62. The van der Waals surface area contributed by atoms with E-state index in [0.717, 1.165) is 6.07 Å². The fourth-order valence-electron chi connectivity index (χ4n) is 1.62. The SMILES string of the molecule is CCOc1ccccc1Oc1cc(C(F)(F)F)cnc1N. The van der Waals surface area contributed by atoms with Crippen LogP contribution in [0.5, 0.6) is 17.2 Å². The van der Waals surface area contributed by atoms with Gasteiger partial charge < -0.3 is 15.2 Å². The quantitative estimate of drug-likeness (QED) is 0.930. The highest BCUT2D eigenvalue weighted by molar-refractivity contribution is 5.52. The Morgan fingerprint density at radius 3 is 2.43 bits per heavy atom. The van der Waals surface area contributed by atoms with E-state index in [4.69, 9.17) is 15.2 Å². The van der Waals surface area contributed by atoms with Gasteiger partial charge in [-0.3, -0.25) is 0 Å². The normalized spacial score (nSPS) is 11.2. The number of anilines is 1. The molecule has 1 heterocycles. The zero-order valence-corrected chi connectivity index (χ0v) is 11.1. The molecule has 0 saturated heterocycles. The number of nitrogens with two attached hydrogens (primary N) is 1. The molecule has 0 bridgehead atoms. The molecule has 0 unspecified atom stereocenters. The van der Waals surface area contributed by atoms with Crippen molar-refractivity contribution in [1.82, 2.24) is 4.98 Å². The van der Waals surface area contributed by atoms with Crippen LogP contribution in [-0.2, 0) is 6.18 Å². The Balaban J connectivity index is 2.35. The highest BCUT2D eigenvalue weighted by atomic mass is 19.4. The predicted molar refractivity (Wildman–Crippen MR) is 71.3 cm³/mol. The topological polar surface area (TPSA) is 57.4 Å². The van der Waals surface area contributed by atoms with E-state index in [1.54, 1.807) is 31.2 Å². The van der Waals surface area contributed by atoms with Gasteiger partial charge in [-0.1, -0.05) is 12.1 Å². The van der Waals surface area contributed by atoms with E-state index in [1.165, 1.54) is 0 Å². The van der Waals surface area contributed by atoms with Crippen LogP contribution >= 0.6 is 0 Å². The summed E-state index contributed by atoms with van der Waals surface area (Å²) in [5, 5.41) is 0. The minimum absolute atomic E-state index is 0.130. The number of pyridine rings is 1. The molecule has 0 radical (unpaired) electrons. The highest BCUT2D eigenvalue weighted by Crippen LogP contribution is 2.37. The molecule has 2 N–H and O–H groups in total. The third-order valence-corrected chi connectivity index (χ3v) is 2.58. The van der Waals surface area contributed by atoms with Crippen LogP contribution in [-0.4, -0.2) is 11.6 Å². The summed E-state index contributed by atoms with van der Waals surface area (Å²) in [5.74, 6) is 0.385. The van der Waals surface area contributed by atoms with Gasteiger partial charge in [0.15, 0.2) is 23.1 Å².